The molecule has 1 saturated carbocycles. The highest BCUT2D eigenvalue weighted by Crippen LogP contribution is 2.44. The summed E-state index contributed by atoms with van der Waals surface area (Å²) in [6.45, 7) is 3.01. The Morgan fingerprint density at radius 2 is 2.11 bits per heavy atom. The van der Waals surface area contributed by atoms with Gasteiger partial charge in [-0.1, -0.05) is 0 Å². The second-order valence-corrected chi connectivity index (χ2v) is 4.74. The maximum Gasteiger partial charge on any atom is 0.288 e. The van der Waals surface area contributed by atoms with Gasteiger partial charge >= 0.3 is 0 Å². The van der Waals surface area contributed by atoms with E-state index in [9.17, 15) is 10.1 Å². The Morgan fingerprint density at radius 3 is 2.72 bits per heavy atom. The molecular formula is C12H15N3O3. The van der Waals surface area contributed by atoms with E-state index in [1.807, 2.05) is 0 Å². The number of ether oxygens (including phenoxy) is 1. The molecule has 2 fully saturated rings. The first-order valence-corrected chi connectivity index (χ1v) is 6.23. The van der Waals surface area contributed by atoms with Crippen molar-refractivity contribution in [2.24, 2.45) is 0 Å². The first-order chi connectivity index (χ1) is 8.75. The molecule has 1 aliphatic carbocycles. The smallest absolute Gasteiger partial charge is 0.288 e. The minimum Gasteiger partial charge on any atom is -0.378 e. The van der Waals surface area contributed by atoms with E-state index in [-0.39, 0.29) is 10.6 Å². The fraction of sp³-hybridized carbons (Fsp3) is 0.583. The molecule has 1 aromatic rings. The van der Waals surface area contributed by atoms with Gasteiger partial charge in [0.25, 0.3) is 5.69 Å². The highest BCUT2D eigenvalue weighted by molar-refractivity contribution is 5.54. The van der Waals surface area contributed by atoms with Gasteiger partial charge in [0.05, 0.1) is 18.1 Å². The third kappa shape index (κ3) is 2.15. The Kier molecular flexibility index (Phi) is 2.87. The van der Waals surface area contributed by atoms with E-state index in [0.717, 1.165) is 37.3 Å². The number of morpholine rings is 1. The van der Waals surface area contributed by atoms with Crippen molar-refractivity contribution in [2.75, 3.05) is 31.2 Å². The van der Waals surface area contributed by atoms with Crippen molar-refractivity contribution in [3.05, 3.63) is 27.9 Å². The lowest BCUT2D eigenvalue weighted by atomic mass is 10.1. The molecule has 0 bridgehead atoms. The van der Waals surface area contributed by atoms with E-state index in [0.29, 0.717) is 19.1 Å². The fourth-order valence-electron chi connectivity index (χ4n) is 2.30. The van der Waals surface area contributed by atoms with Gasteiger partial charge in [0.2, 0.25) is 0 Å². The molecule has 2 heterocycles. The maximum atomic E-state index is 10.8. The summed E-state index contributed by atoms with van der Waals surface area (Å²) in [6, 6.07) is 1.69. The van der Waals surface area contributed by atoms with E-state index in [1.54, 1.807) is 6.07 Å². The van der Waals surface area contributed by atoms with Crippen LogP contribution < -0.4 is 4.90 Å². The zero-order valence-corrected chi connectivity index (χ0v) is 10.0. The molecule has 6 heteroatoms. The lowest BCUT2D eigenvalue weighted by molar-refractivity contribution is -0.385. The number of nitrogens with zero attached hydrogens (tertiary/aromatic N) is 3. The standard InChI is InChI=1S/C12H15N3O3/c16-15(17)10-7-11(9-1-2-9)12(13-8-10)14-3-5-18-6-4-14/h7-9H,1-6H2. The molecule has 96 valence electrons. The van der Waals surface area contributed by atoms with Gasteiger partial charge < -0.3 is 9.64 Å². The number of hydrogen-bond donors (Lipinski definition) is 0. The van der Waals surface area contributed by atoms with Crippen molar-refractivity contribution in [3.8, 4) is 0 Å². The van der Waals surface area contributed by atoms with Crippen molar-refractivity contribution >= 4 is 11.5 Å². The third-order valence-corrected chi connectivity index (χ3v) is 3.42. The van der Waals surface area contributed by atoms with Crippen LogP contribution in [0.5, 0.6) is 0 Å². The average molecular weight is 249 g/mol. The quantitative estimate of drug-likeness (QED) is 0.602. The van der Waals surface area contributed by atoms with Crippen molar-refractivity contribution in [1.29, 1.82) is 0 Å². The second-order valence-electron chi connectivity index (χ2n) is 4.74. The van der Waals surface area contributed by atoms with Crippen LogP contribution in [-0.2, 0) is 4.74 Å². The number of rotatable bonds is 3. The van der Waals surface area contributed by atoms with Gasteiger partial charge in [0.15, 0.2) is 0 Å². The van der Waals surface area contributed by atoms with Gasteiger partial charge in [0.1, 0.15) is 12.0 Å². The lowest BCUT2D eigenvalue weighted by Gasteiger charge is -2.29. The summed E-state index contributed by atoms with van der Waals surface area (Å²) in [6.07, 6.45) is 3.58. The first-order valence-electron chi connectivity index (χ1n) is 6.23. The summed E-state index contributed by atoms with van der Waals surface area (Å²) in [4.78, 5) is 16.9. The van der Waals surface area contributed by atoms with E-state index >= 15 is 0 Å². The molecule has 3 rings (SSSR count). The summed E-state index contributed by atoms with van der Waals surface area (Å²) in [5, 5.41) is 10.8. The van der Waals surface area contributed by atoms with E-state index < -0.39 is 0 Å². The molecule has 1 aromatic heterocycles. The molecule has 0 N–H and O–H groups in total. The molecule has 0 amide bonds. The van der Waals surface area contributed by atoms with Crippen LogP contribution in [0, 0.1) is 10.1 Å². The summed E-state index contributed by atoms with van der Waals surface area (Å²) in [7, 11) is 0. The number of pyridine rings is 1. The molecule has 6 nitrogen and oxygen atoms in total. The van der Waals surface area contributed by atoms with Gasteiger partial charge in [-0.3, -0.25) is 10.1 Å². The van der Waals surface area contributed by atoms with Crippen molar-refractivity contribution in [2.45, 2.75) is 18.8 Å². The lowest BCUT2D eigenvalue weighted by Crippen LogP contribution is -2.37. The minimum absolute atomic E-state index is 0.0916. The van der Waals surface area contributed by atoms with Crippen LogP contribution in [0.15, 0.2) is 12.3 Å². The van der Waals surface area contributed by atoms with Gasteiger partial charge in [-0.25, -0.2) is 4.98 Å². The summed E-state index contributed by atoms with van der Waals surface area (Å²) in [5.41, 5.74) is 1.13. The van der Waals surface area contributed by atoms with Crippen molar-refractivity contribution < 1.29 is 9.66 Å². The number of nitro groups is 1. The van der Waals surface area contributed by atoms with Crippen molar-refractivity contribution in [3.63, 3.8) is 0 Å². The Bertz CT molecular complexity index is 468. The normalized spacial score (nSPS) is 19.9. The van der Waals surface area contributed by atoms with Crippen LogP contribution >= 0.6 is 0 Å². The molecule has 1 saturated heterocycles. The molecule has 18 heavy (non-hydrogen) atoms. The van der Waals surface area contributed by atoms with Crippen LogP contribution in [0.4, 0.5) is 11.5 Å². The number of aromatic nitrogens is 1. The Morgan fingerprint density at radius 1 is 1.39 bits per heavy atom. The SMILES string of the molecule is O=[N+]([O-])c1cnc(N2CCOCC2)c(C2CC2)c1. The second kappa shape index (κ2) is 4.53. The highest BCUT2D eigenvalue weighted by atomic mass is 16.6. The molecule has 0 radical (unpaired) electrons. The molecule has 0 atom stereocenters. The van der Waals surface area contributed by atoms with E-state index in [4.69, 9.17) is 4.74 Å². The highest BCUT2D eigenvalue weighted by Gasteiger charge is 2.30. The van der Waals surface area contributed by atoms with E-state index in [2.05, 4.69) is 9.88 Å². The summed E-state index contributed by atoms with van der Waals surface area (Å²) < 4.78 is 5.32. The van der Waals surface area contributed by atoms with Gasteiger partial charge in [-0.15, -0.1) is 0 Å². The number of hydrogen-bond acceptors (Lipinski definition) is 5. The Hall–Kier alpha value is -1.69. The average Bonchev–Trinajstić information content (AvgIpc) is 3.23. The molecule has 0 unspecified atom stereocenters. The molecule has 0 aromatic carbocycles. The molecule has 1 aliphatic heterocycles. The molecular weight excluding hydrogens is 234 g/mol. The van der Waals surface area contributed by atoms with Crippen molar-refractivity contribution in [1.82, 2.24) is 4.98 Å². The predicted molar refractivity (Wildman–Crippen MR) is 65.9 cm³/mol. The number of anilines is 1. The minimum atomic E-state index is -0.373. The van der Waals surface area contributed by atoms with Crippen LogP contribution in [-0.4, -0.2) is 36.2 Å². The van der Waals surface area contributed by atoms with Crippen LogP contribution in [0.3, 0.4) is 0 Å². The summed E-state index contributed by atoms with van der Waals surface area (Å²) in [5.74, 6) is 1.36. The zero-order chi connectivity index (χ0) is 12.5. The molecule has 2 aliphatic rings. The fourth-order valence-corrected chi connectivity index (χ4v) is 2.30. The first kappa shape index (κ1) is 11.4. The van der Waals surface area contributed by atoms with Crippen LogP contribution in [0.2, 0.25) is 0 Å². The van der Waals surface area contributed by atoms with Gasteiger partial charge in [-0.2, -0.15) is 0 Å². The maximum absolute atomic E-state index is 10.8. The largest absolute Gasteiger partial charge is 0.378 e. The monoisotopic (exact) mass is 249 g/mol. The topological polar surface area (TPSA) is 68.5 Å². The Labute approximate surface area is 105 Å². The van der Waals surface area contributed by atoms with Gasteiger partial charge in [-0.05, 0) is 18.8 Å². The van der Waals surface area contributed by atoms with Crippen LogP contribution in [0.1, 0.15) is 24.3 Å². The molecule has 0 spiro atoms. The van der Waals surface area contributed by atoms with E-state index in [1.165, 1.54) is 6.20 Å². The van der Waals surface area contributed by atoms with Gasteiger partial charge in [0, 0.05) is 24.7 Å². The summed E-state index contributed by atoms with van der Waals surface area (Å²) >= 11 is 0. The third-order valence-electron chi connectivity index (χ3n) is 3.42. The van der Waals surface area contributed by atoms with Crippen LogP contribution in [0.25, 0.3) is 0 Å². The zero-order valence-electron chi connectivity index (χ0n) is 10.0. The Balaban J connectivity index is 1.94. The predicted octanol–water partition coefficient (Wildman–Crippen LogP) is 1.70.